The molecule has 0 spiro atoms. The van der Waals surface area contributed by atoms with Crippen LogP contribution in [0.1, 0.15) is 23.7 Å². The number of rotatable bonds is 8. The number of aryl methyl sites for hydroxylation is 2. The van der Waals surface area contributed by atoms with E-state index >= 15 is 0 Å². The molecular formula is C21H23N5O5. The van der Waals surface area contributed by atoms with Gasteiger partial charge in [0.25, 0.3) is 5.91 Å². The number of imidazole rings is 1. The number of ether oxygens (including phenoxy) is 2. The van der Waals surface area contributed by atoms with Crippen molar-refractivity contribution in [3.8, 4) is 11.5 Å². The van der Waals surface area contributed by atoms with Crippen LogP contribution in [-0.2, 0) is 17.9 Å². The highest BCUT2D eigenvalue weighted by atomic mass is 16.7. The summed E-state index contributed by atoms with van der Waals surface area (Å²) in [6.45, 7) is 3.55. The SMILES string of the molecule is CCn1cc(C(=O)NCC(=O)NCCCn2ccnc2)c(=O)c2cc3c(cc21)OCO3. The van der Waals surface area contributed by atoms with Gasteiger partial charge in [0, 0.05) is 44.3 Å². The Balaban J connectivity index is 1.40. The minimum absolute atomic E-state index is 0.0267. The van der Waals surface area contributed by atoms with Gasteiger partial charge in [0.2, 0.25) is 18.1 Å². The van der Waals surface area contributed by atoms with Crippen molar-refractivity contribution in [3.05, 3.63) is 52.8 Å². The third-order valence-electron chi connectivity index (χ3n) is 5.04. The maximum Gasteiger partial charge on any atom is 0.257 e. The molecule has 2 aromatic heterocycles. The maximum atomic E-state index is 12.9. The highest BCUT2D eigenvalue weighted by Crippen LogP contribution is 2.35. The molecule has 0 atom stereocenters. The molecule has 2 amide bonds. The minimum Gasteiger partial charge on any atom is -0.454 e. The first-order chi connectivity index (χ1) is 15.1. The van der Waals surface area contributed by atoms with Crippen molar-refractivity contribution >= 4 is 22.7 Å². The van der Waals surface area contributed by atoms with E-state index in [1.807, 2.05) is 17.7 Å². The highest BCUT2D eigenvalue weighted by Gasteiger charge is 2.20. The van der Waals surface area contributed by atoms with E-state index in [0.29, 0.717) is 35.5 Å². The van der Waals surface area contributed by atoms with Crippen molar-refractivity contribution < 1.29 is 19.1 Å². The number of fused-ring (bicyclic) bond motifs is 2. The van der Waals surface area contributed by atoms with Crippen molar-refractivity contribution in [1.29, 1.82) is 0 Å². The molecule has 0 radical (unpaired) electrons. The first-order valence-corrected chi connectivity index (χ1v) is 10.0. The second-order valence-corrected chi connectivity index (χ2v) is 7.07. The number of hydrogen-bond donors (Lipinski definition) is 2. The number of aromatic nitrogens is 3. The number of benzene rings is 1. The van der Waals surface area contributed by atoms with Crippen molar-refractivity contribution in [2.45, 2.75) is 26.4 Å². The quantitative estimate of drug-likeness (QED) is 0.518. The third kappa shape index (κ3) is 4.37. The predicted octanol–water partition coefficient (Wildman–Crippen LogP) is 0.883. The van der Waals surface area contributed by atoms with Gasteiger partial charge in [-0.2, -0.15) is 0 Å². The molecule has 0 saturated heterocycles. The first kappa shape index (κ1) is 20.5. The fourth-order valence-electron chi connectivity index (χ4n) is 3.43. The van der Waals surface area contributed by atoms with Gasteiger partial charge in [-0.25, -0.2) is 4.98 Å². The van der Waals surface area contributed by atoms with E-state index in [9.17, 15) is 14.4 Å². The molecule has 2 N–H and O–H groups in total. The van der Waals surface area contributed by atoms with Gasteiger partial charge in [0.15, 0.2) is 11.5 Å². The molecule has 0 fully saturated rings. The van der Waals surface area contributed by atoms with E-state index in [4.69, 9.17) is 9.47 Å². The standard InChI is InChI=1S/C21H23N5O5/c1-2-26-11-15(20(28)14-8-17-18(9-16(14)26)31-13-30-17)21(29)24-10-19(27)23-4-3-6-25-7-5-22-12-25/h5,7-9,11-12H,2-4,6,10,13H2,1H3,(H,23,27)(H,24,29). The molecule has 10 heteroatoms. The summed E-state index contributed by atoms with van der Waals surface area (Å²) < 4.78 is 14.5. The van der Waals surface area contributed by atoms with Crippen molar-refractivity contribution in [2.75, 3.05) is 19.9 Å². The van der Waals surface area contributed by atoms with Crippen molar-refractivity contribution in [2.24, 2.45) is 0 Å². The molecule has 0 bridgehead atoms. The summed E-state index contributed by atoms with van der Waals surface area (Å²) in [5, 5.41) is 5.64. The lowest BCUT2D eigenvalue weighted by atomic mass is 10.1. The van der Waals surface area contributed by atoms with Crippen molar-refractivity contribution in [1.82, 2.24) is 24.8 Å². The lowest BCUT2D eigenvalue weighted by molar-refractivity contribution is -0.120. The molecule has 0 aliphatic carbocycles. The Hall–Kier alpha value is -3.82. The number of amides is 2. The largest absolute Gasteiger partial charge is 0.454 e. The molecule has 31 heavy (non-hydrogen) atoms. The number of pyridine rings is 1. The van der Waals surface area contributed by atoms with Crippen LogP contribution in [-0.4, -0.2) is 45.8 Å². The van der Waals surface area contributed by atoms with Gasteiger partial charge in [-0.15, -0.1) is 0 Å². The molecule has 1 aliphatic heterocycles. The van der Waals surface area contributed by atoms with Crippen LogP contribution < -0.4 is 25.5 Å². The number of carbonyl (C=O) groups is 2. The number of carbonyl (C=O) groups excluding carboxylic acids is 2. The van der Waals surface area contributed by atoms with Gasteiger partial charge in [-0.1, -0.05) is 0 Å². The summed E-state index contributed by atoms with van der Waals surface area (Å²) >= 11 is 0. The average Bonchev–Trinajstić information content (AvgIpc) is 3.46. The summed E-state index contributed by atoms with van der Waals surface area (Å²) in [5.74, 6) is 0.121. The molecule has 4 rings (SSSR count). The summed E-state index contributed by atoms with van der Waals surface area (Å²) in [7, 11) is 0. The second-order valence-electron chi connectivity index (χ2n) is 7.07. The van der Waals surface area contributed by atoms with Crippen LogP contribution in [0, 0.1) is 0 Å². The fraction of sp³-hybridized carbons (Fsp3) is 0.333. The fourth-order valence-corrected chi connectivity index (χ4v) is 3.43. The van der Waals surface area contributed by atoms with Crippen LogP contribution in [0.4, 0.5) is 0 Å². The van der Waals surface area contributed by atoms with E-state index < -0.39 is 11.3 Å². The maximum absolute atomic E-state index is 12.9. The molecular weight excluding hydrogens is 402 g/mol. The zero-order chi connectivity index (χ0) is 21.8. The normalized spacial score (nSPS) is 12.2. The van der Waals surface area contributed by atoms with Crippen molar-refractivity contribution in [3.63, 3.8) is 0 Å². The third-order valence-corrected chi connectivity index (χ3v) is 5.04. The average molecular weight is 425 g/mol. The van der Waals surface area contributed by atoms with Crippen LogP contribution in [0.5, 0.6) is 11.5 Å². The number of nitrogens with zero attached hydrogens (tertiary/aromatic N) is 3. The van der Waals surface area contributed by atoms with E-state index in [2.05, 4.69) is 15.6 Å². The Kier molecular flexibility index (Phi) is 5.87. The molecule has 0 saturated carbocycles. The Morgan fingerprint density at radius 3 is 2.74 bits per heavy atom. The van der Waals surface area contributed by atoms with Gasteiger partial charge in [-0.3, -0.25) is 14.4 Å². The lowest BCUT2D eigenvalue weighted by Gasteiger charge is -2.12. The van der Waals surface area contributed by atoms with Crippen LogP contribution in [0.15, 0.2) is 41.8 Å². The Bertz CT molecular complexity index is 1170. The molecule has 162 valence electrons. The molecule has 1 aliphatic rings. The predicted molar refractivity (Wildman–Crippen MR) is 112 cm³/mol. The number of nitrogens with one attached hydrogen (secondary N) is 2. The first-order valence-electron chi connectivity index (χ1n) is 10.0. The van der Waals surface area contributed by atoms with Crippen LogP contribution in [0.3, 0.4) is 0 Å². The van der Waals surface area contributed by atoms with Gasteiger partial charge < -0.3 is 29.2 Å². The van der Waals surface area contributed by atoms with E-state index in [1.165, 1.54) is 6.20 Å². The molecule has 0 unspecified atom stereocenters. The van der Waals surface area contributed by atoms with E-state index in [-0.39, 0.29) is 24.8 Å². The minimum atomic E-state index is -0.597. The second kappa shape index (κ2) is 8.90. The zero-order valence-electron chi connectivity index (χ0n) is 17.1. The van der Waals surface area contributed by atoms with Crippen LogP contribution >= 0.6 is 0 Å². The summed E-state index contributed by atoms with van der Waals surface area (Å²) in [4.78, 5) is 41.5. The Morgan fingerprint density at radius 2 is 2.00 bits per heavy atom. The molecule has 3 heterocycles. The lowest BCUT2D eigenvalue weighted by Crippen LogP contribution is -2.39. The van der Waals surface area contributed by atoms with Gasteiger partial charge in [0.1, 0.15) is 5.56 Å². The Labute approximate surface area is 177 Å². The van der Waals surface area contributed by atoms with Gasteiger partial charge in [0.05, 0.1) is 23.8 Å². The molecule has 1 aromatic carbocycles. The summed E-state index contributed by atoms with van der Waals surface area (Å²) in [6, 6.07) is 3.33. The Morgan fingerprint density at radius 1 is 1.19 bits per heavy atom. The summed E-state index contributed by atoms with van der Waals surface area (Å²) in [6.07, 6.45) is 7.50. The monoisotopic (exact) mass is 425 g/mol. The summed E-state index contributed by atoms with van der Waals surface area (Å²) in [5.41, 5.74) is 0.210. The van der Waals surface area contributed by atoms with Crippen LogP contribution in [0.25, 0.3) is 10.9 Å². The highest BCUT2D eigenvalue weighted by molar-refractivity contribution is 5.99. The van der Waals surface area contributed by atoms with E-state index in [0.717, 1.165) is 13.0 Å². The van der Waals surface area contributed by atoms with Gasteiger partial charge >= 0.3 is 0 Å². The molecule has 10 nitrogen and oxygen atoms in total. The van der Waals surface area contributed by atoms with Gasteiger partial charge in [-0.05, 0) is 19.4 Å². The molecule has 3 aromatic rings. The topological polar surface area (TPSA) is 116 Å². The van der Waals surface area contributed by atoms with E-state index in [1.54, 1.807) is 29.2 Å². The number of hydrogen-bond acceptors (Lipinski definition) is 6. The van der Waals surface area contributed by atoms with Crippen LogP contribution in [0.2, 0.25) is 0 Å². The smallest absolute Gasteiger partial charge is 0.257 e. The zero-order valence-corrected chi connectivity index (χ0v) is 17.1.